The second kappa shape index (κ2) is 9.47. The van der Waals surface area contributed by atoms with Crippen LogP contribution in [0.25, 0.3) is 0 Å². The lowest BCUT2D eigenvalue weighted by molar-refractivity contribution is -0.135. The molecule has 1 unspecified atom stereocenters. The Bertz CT molecular complexity index is 779. The minimum atomic E-state index is -4.22. The van der Waals surface area contributed by atoms with E-state index in [4.69, 9.17) is 4.74 Å². The first-order valence-corrected chi connectivity index (χ1v) is 10.9. The number of esters is 1. The number of carbonyl (C=O) groups excluding carboxylic acids is 1. The van der Waals surface area contributed by atoms with Crippen molar-refractivity contribution in [2.24, 2.45) is 0 Å². The monoisotopic (exact) mass is 480 g/mol. The fourth-order valence-corrected chi connectivity index (χ4v) is 5.21. The third kappa shape index (κ3) is 6.54. The number of alkyl halides is 3. The highest BCUT2D eigenvalue weighted by atomic mass is 79.9. The zero-order valence-electron chi connectivity index (χ0n) is 15.2. The molecule has 8 heteroatoms. The van der Waals surface area contributed by atoms with Gasteiger partial charge in [0.2, 0.25) is 0 Å². The van der Waals surface area contributed by atoms with E-state index in [2.05, 4.69) is 15.9 Å². The Labute approximate surface area is 173 Å². The standard InChI is InChI=1S/C19H20BrF3O2S2/c1-4-25-18(24)16-6-5-14(27-16)15(7-8-19(21,22)23)26-13-9-11(2)17(20)12(3)10-13/h5-6,9-10,15H,4,7-8H2,1-3H3. The van der Waals surface area contributed by atoms with Crippen LogP contribution in [0.15, 0.2) is 33.6 Å². The van der Waals surface area contributed by atoms with Gasteiger partial charge in [-0.25, -0.2) is 4.79 Å². The van der Waals surface area contributed by atoms with Crippen LogP contribution in [0.5, 0.6) is 0 Å². The fourth-order valence-electron chi connectivity index (χ4n) is 2.53. The number of thiophene rings is 1. The highest BCUT2D eigenvalue weighted by Gasteiger charge is 2.30. The van der Waals surface area contributed by atoms with E-state index in [1.165, 1.54) is 23.1 Å². The predicted molar refractivity (Wildman–Crippen MR) is 108 cm³/mol. The first-order valence-electron chi connectivity index (χ1n) is 8.37. The molecule has 0 aliphatic heterocycles. The minimum Gasteiger partial charge on any atom is -0.462 e. The molecule has 2 nitrogen and oxygen atoms in total. The lowest BCUT2D eigenvalue weighted by Gasteiger charge is -2.17. The van der Waals surface area contributed by atoms with Gasteiger partial charge >= 0.3 is 12.1 Å². The van der Waals surface area contributed by atoms with Crippen molar-refractivity contribution in [1.82, 2.24) is 0 Å². The molecule has 27 heavy (non-hydrogen) atoms. The van der Waals surface area contributed by atoms with Crippen LogP contribution in [-0.2, 0) is 4.74 Å². The van der Waals surface area contributed by atoms with E-state index in [9.17, 15) is 18.0 Å². The average molecular weight is 481 g/mol. The van der Waals surface area contributed by atoms with Gasteiger partial charge in [-0.05, 0) is 62.6 Å². The quantitative estimate of drug-likeness (QED) is 0.303. The van der Waals surface area contributed by atoms with Crippen LogP contribution in [0.2, 0.25) is 0 Å². The zero-order valence-corrected chi connectivity index (χ0v) is 18.4. The molecule has 0 N–H and O–H groups in total. The van der Waals surface area contributed by atoms with Gasteiger partial charge in [0.15, 0.2) is 0 Å². The number of carbonyl (C=O) groups is 1. The van der Waals surface area contributed by atoms with Crippen molar-refractivity contribution in [3.63, 3.8) is 0 Å². The van der Waals surface area contributed by atoms with Crippen LogP contribution in [0.3, 0.4) is 0 Å². The van der Waals surface area contributed by atoms with E-state index in [0.717, 1.165) is 25.4 Å². The summed E-state index contributed by atoms with van der Waals surface area (Å²) in [5.74, 6) is -0.441. The number of rotatable bonds is 7. The van der Waals surface area contributed by atoms with Crippen LogP contribution >= 0.6 is 39.0 Å². The average Bonchev–Trinajstić information content (AvgIpc) is 3.05. The molecule has 0 aliphatic carbocycles. The van der Waals surface area contributed by atoms with Crippen molar-refractivity contribution < 1.29 is 22.7 Å². The lowest BCUT2D eigenvalue weighted by Crippen LogP contribution is -2.08. The maximum atomic E-state index is 12.8. The highest BCUT2D eigenvalue weighted by Crippen LogP contribution is 2.44. The van der Waals surface area contributed by atoms with Gasteiger partial charge in [0.05, 0.1) is 6.61 Å². The van der Waals surface area contributed by atoms with E-state index >= 15 is 0 Å². The summed E-state index contributed by atoms with van der Waals surface area (Å²) in [6, 6.07) is 7.27. The number of hydrogen-bond donors (Lipinski definition) is 0. The van der Waals surface area contributed by atoms with Gasteiger partial charge in [-0.15, -0.1) is 23.1 Å². The summed E-state index contributed by atoms with van der Waals surface area (Å²) >= 11 is 6.10. The first-order chi connectivity index (χ1) is 12.6. The Balaban J connectivity index is 2.27. The molecule has 0 saturated carbocycles. The molecule has 0 amide bonds. The van der Waals surface area contributed by atoms with Gasteiger partial charge in [0.1, 0.15) is 4.88 Å². The summed E-state index contributed by atoms with van der Waals surface area (Å²) < 4.78 is 44.4. The van der Waals surface area contributed by atoms with Crippen molar-refractivity contribution in [3.8, 4) is 0 Å². The number of hydrogen-bond acceptors (Lipinski definition) is 4. The summed E-state index contributed by atoms with van der Waals surface area (Å²) in [4.78, 5) is 13.9. The van der Waals surface area contributed by atoms with Gasteiger partial charge in [-0.1, -0.05) is 15.9 Å². The van der Waals surface area contributed by atoms with Crippen LogP contribution < -0.4 is 0 Å². The molecule has 148 valence electrons. The van der Waals surface area contributed by atoms with Gasteiger partial charge < -0.3 is 4.74 Å². The maximum absolute atomic E-state index is 12.8. The molecule has 1 aromatic heterocycles. The van der Waals surface area contributed by atoms with Crippen molar-refractivity contribution >= 4 is 45.0 Å². The third-order valence-electron chi connectivity index (χ3n) is 3.80. The molecule has 1 aromatic carbocycles. The van der Waals surface area contributed by atoms with E-state index in [1.54, 1.807) is 19.1 Å². The van der Waals surface area contributed by atoms with E-state index in [0.29, 0.717) is 4.88 Å². The number of ether oxygens (including phenoxy) is 1. The summed E-state index contributed by atoms with van der Waals surface area (Å²) in [6.45, 7) is 5.88. The zero-order chi connectivity index (χ0) is 20.2. The number of aryl methyl sites for hydroxylation is 2. The van der Waals surface area contributed by atoms with Crippen molar-refractivity contribution in [3.05, 3.63) is 49.6 Å². The molecular formula is C19H20BrF3O2S2. The van der Waals surface area contributed by atoms with Crippen LogP contribution in [0, 0.1) is 13.8 Å². The molecule has 2 rings (SSSR count). The summed E-state index contributed by atoms with van der Waals surface area (Å²) in [5.41, 5.74) is 2.07. The SMILES string of the molecule is CCOC(=O)c1ccc(C(CCC(F)(F)F)Sc2cc(C)c(Br)c(C)c2)s1. The molecule has 1 heterocycles. The van der Waals surface area contributed by atoms with E-state index < -0.39 is 18.6 Å². The molecule has 0 saturated heterocycles. The third-order valence-corrected chi connectivity index (χ3v) is 7.66. The Morgan fingerprint density at radius 2 is 1.89 bits per heavy atom. The second-order valence-electron chi connectivity index (χ2n) is 6.05. The number of thioether (sulfide) groups is 1. The van der Waals surface area contributed by atoms with Gasteiger partial charge in [0, 0.05) is 25.9 Å². The molecular weight excluding hydrogens is 461 g/mol. The van der Waals surface area contributed by atoms with Crippen molar-refractivity contribution in [1.29, 1.82) is 0 Å². The topological polar surface area (TPSA) is 26.3 Å². The lowest BCUT2D eigenvalue weighted by atomic mass is 10.2. The predicted octanol–water partition coefficient (Wildman–Crippen LogP) is 7.48. The molecule has 0 fully saturated rings. The Morgan fingerprint density at radius 1 is 1.26 bits per heavy atom. The fraction of sp³-hybridized carbons (Fsp3) is 0.421. The second-order valence-corrected chi connectivity index (χ2v) is 9.24. The minimum absolute atomic E-state index is 0.0505. The Morgan fingerprint density at radius 3 is 2.44 bits per heavy atom. The largest absolute Gasteiger partial charge is 0.462 e. The van der Waals surface area contributed by atoms with Crippen LogP contribution in [0.4, 0.5) is 13.2 Å². The number of benzene rings is 1. The smallest absolute Gasteiger partial charge is 0.389 e. The van der Waals surface area contributed by atoms with E-state index in [-0.39, 0.29) is 18.3 Å². The van der Waals surface area contributed by atoms with E-state index in [1.807, 2.05) is 26.0 Å². The Kier molecular flexibility index (Phi) is 7.83. The molecule has 0 bridgehead atoms. The van der Waals surface area contributed by atoms with Crippen LogP contribution in [0.1, 0.15) is 50.7 Å². The Hall–Kier alpha value is -0.990. The highest BCUT2D eigenvalue weighted by molar-refractivity contribution is 9.10. The van der Waals surface area contributed by atoms with Gasteiger partial charge in [0.25, 0.3) is 0 Å². The van der Waals surface area contributed by atoms with Gasteiger partial charge in [-0.3, -0.25) is 0 Å². The molecule has 0 aliphatic rings. The summed E-state index contributed by atoms with van der Waals surface area (Å²) in [6.07, 6.45) is -5.14. The maximum Gasteiger partial charge on any atom is 0.389 e. The molecule has 0 spiro atoms. The molecule has 2 aromatic rings. The number of halogens is 4. The summed E-state index contributed by atoms with van der Waals surface area (Å²) in [7, 11) is 0. The molecule has 1 atom stereocenters. The normalized spacial score (nSPS) is 12.9. The van der Waals surface area contributed by atoms with Crippen molar-refractivity contribution in [2.45, 2.75) is 49.9 Å². The van der Waals surface area contributed by atoms with Crippen LogP contribution in [-0.4, -0.2) is 18.8 Å². The first kappa shape index (κ1) is 22.3. The van der Waals surface area contributed by atoms with Gasteiger partial charge in [-0.2, -0.15) is 13.2 Å². The van der Waals surface area contributed by atoms with Crippen molar-refractivity contribution in [2.75, 3.05) is 6.61 Å². The summed E-state index contributed by atoms with van der Waals surface area (Å²) in [5, 5.41) is -0.389. The molecule has 0 radical (unpaired) electrons.